The summed E-state index contributed by atoms with van der Waals surface area (Å²) in [4.78, 5) is 16.9. The zero-order chi connectivity index (χ0) is 9.80. The zero-order valence-electron chi connectivity index (χ0n) is 7.81. The van der Waals surface area contributed by atoms with Crippen molar-refractivity contribution in [3.8, 4) is 0 Å². The number of aldehydes is 1. The maximum Gasteiger partial charge on any atom is 0.178 e. The highest BCUT2D eigenvalue weighted by molar-refractivity contribution is 7.11. The first-order valence-corrected chi connectivity index (χ1v) is 5.46. The van der Waals surface area contributed by atoms with Crippen LogP contribution in [0.4, 0.5) is 0 Å². The Morgan fingerprint density at radius 2 is 2.36 bits per heavy atom. The fraction of sp³-hybridized carbons (Fsp3) is 0.556. The smallest absolute Gasteiger partial charge is 0.178 e. The molecule has 1 fully saturated rings. The van der Waals surface area contributed by atoms with Gasteiger partial charge in [0.2, 0.25) is 0 Å². The molecule has 76 valence electrons. The first kappa shape index (κ1) is 9.76. The average Bonchev–Trinajstić information content (AvgIpc) is 2.67. The van der Waals surface area contributed by atoms with Gasteiger partial charge in [0, 0.05) is 25.0 Å². The van der Waals surface area contributed by atoms with Crippen molar-refractivity contribution in [1.82, 2.24) is 9.88 Å². The van der Waals surface area contributed by atoms with Crippen LogP contribution < -0.4 is 0 Å². The summed E-state index contributed by atoms with van der Waals surface area (Å²) in [5.41, 5.74) is 0.985. The van der Waals surface area contributed by atoms with Crippen molar-refractivity contribution in [3.05, 3.63) is 16.1 Å². The third kappa shape index (κ3) is 2.37. The summed E-state index contributed by atoms with van der Waals surface area (Å²) in [6, 6.07) is 0. The van der Waals surface area contributed by atoms with E-state index < -0.39 is 0 Å². The highest BCUT2D eigenvalue weighted by atomic mass is 32.1. The Kier molecular flexibility index (Phi) is 3.23. The maximum atomic E-state index is 10.4. The number of rotatable bonds is 3. The summed E-state index contributed by atoms with van der Waals surface area (Å²) in [6.07, 6.45) is 0.799. The van der Waals surface area contributed by atoms with Gasteiger partial charge in [-0.3, -0.25) is 9.69 Å². The monoisotopic (exact) mass is 212 g/mol. The Hall–Kier alpha value is -0.780. The second kappa shape index (κ2) is 4.63. The molecule has 0 aromatic carbocycles. The van der Waals surface area contributed by atoms with Crippen molar-refractivity contribution in [2.45, 2.75) is 6.54 Å². The van der Waals surface area contributed by atoms with Crippen LogP contribution in [0, 0.1) is 0 Å². The minimum atomic E-state index is 0.563. The number of ether oxygens (including phenoxy) is 1. The highest BCUT2D eigenvalue weighted by Gasteiger charge is 2.12. The largest absolute Gasteiger partial charge is 0.379 e. The molecular weight excluding hydrogens is 200 g/mol. The van der Waals surface area contributed by atoms with Crippen molar-refractivity contribution >= 4 is 17.6 Å². The molecule has 0 unspecified atom stereocenters. The van der Waals surface area contributed by atoms with Gasteiger partial charge in [0.1, 0.15) is 0 Å². The van der Waals surface area contributed by atoms with E-state index in [0.29, 0.717) is 5.01 Å². The average molecular weight is 212 g/mol. The molecular formula is C9H12N2O2S. The molecule has 2 rings (SSSR count). The van der Waals surface area contributed by atoms with Crippen LogP contribution in [0.5, 0.6) is 0 Å². The fourth-order valence-corrected chi connectivity index (χ4v) is 2.05. The number of nitrogens with zero attached hydrogens (tertiary/aromatic N) is 2. The molecule has 0 bridgehead atoms. The van der Waals surface area contributed by atoms with E-state index in [1.165, 1.54) is 11.3 Å². The van der Waals surface area contributed by atoms with E-state index in [0.717, 1.165) is 44.8 Å². The molecule has 1 aliphatic rings. The first-order valence-electron chi connectivity index (χ1n) is 4.58. The predicted molar refractivity (Wildman–Crippen MR) is 53.6 cm³/mol. The van der Waals surface area contributed by atoms with Gasteiger partial charge in [-0.1, -0.05) is 0 Å². The lowest BCUT2D eigenvalue weighted by Gasteiger charge is -2.25. The Morgan fingerprint density at radius 3 is 3.00 bits per heavy atom. The Bertz CT molecular complexity index is 308. The number of thiazole rings is 1. The van der Waals surface area contributed by atoms with Gasteiger partial charge in [-0.05, 0) is 0 Å². The van der Waals surface area contributed by atoms with Gasteiger partial charge >= 0.3 is 0 Å². The van der Waals surface area contributed by atoms with Gasteiger partial charge in [0.05, 0.1) is 18.9 Å². The van der Waals surface area contributed by atoms with Gasteiger partial charge in [-0.25, -0.2) is 4.98 Å². The molecule has 14 heavy (non-hydrogen) atoms. The van der Waals surface area contributed by atoms with E-state index in [1.54, 1.807) is 0 Å². The summed E-state index contributed by atoms with van der Waals surface area (Å²) < 4.78 is 5.25. The number of carbonyl (C=O) groups is 1. The van der Waals surface area contributed by atoms with E-state index in [1.807, 2.05) is 5.38 Å². The molecule has 1 saturated heterocycles. The van der Waals surface area contributed by atoms with E-state index in [2.05, 4.69) is 9.88 Å². The van der Waals surface area contributed by atoms with Gasteiger partial charge in [0.25, 0.3) is 0 Å². The van der Waals surface area contributed by atoms with E-state index in [-0.39, 0.29) is 0 Å². The zero-order valence-corrected chi connectivity index (χ0v) is 8.63. The molecule has 0 spiro atoms. The minimum Gasteiger partial charge on any atom is -0.379 e. The van der Waals surface area contributed by atoms with Crippen molar-refractivity contribution in [3.63, 3.8) is 0 Å². The van der Waals surface area contributed by atoms with Crippen LogP contribution >= 0.6 is 11.3 Å². The third-order valence-electron chi connectivity index (χ3n) is 2.16. The topological polar surface area (TPSA) is 42.4 Å². The SMILES string of the molecule is O=Cc1nc(CN2CCOCC2)cs1. The lowest BCUT2D eigenvalue weighted by molar-refractivity contribution is 0.0337. The molecule has 1 aromatic heterocycles. The molecule has 0 amide bonds. The van der Waals surface area contributed by atoms with Crippen LogP contribution in [0.2, 0.25) is 0 Å². The van der Waals surface area contributed by atoms with Crippen LogP contribution in [0.3, 0.4) is 0 Å². The molecule has 5 heteroatoms. The van der Waals surface area contributed by atoms with Crippen LogP contribution in [-0.4, -0.2) is 42.5 Å². The molecule has 0 aliphatic carbocycles. The summed E-state index contributed by atoms with van der Waals surface area (Å²) in [5, 5.41) is 2.51. The van der Waals surface area contributed by atoms with Crippen LogP contribution in [0.15, 0.2) is 5.38 Å². The van der Waals surface area contributed by atoms with E-state index >= 15 is 0 Å². The molecule has 0 atom stereocenters. The number of morpholine rings is 1. The second-order valence-electron chi connectivity index (χ2n) is 3.18. The van der Waals surface area contributed by atoms with Gasteiger partial charge in [0.15, 0.2) is 11.3 Å². The van der Waals surface area contributed by atoms with Crippen molar-refractivity contribution in [2.75, 3.05) is 26.3 Å². The summed E-state index contributed by atoms with van der Waals surface area (Å²) >= 11 is 1.40. The quantitative estimate of drug-likeness (QED) is 0.695. The Morgan fingerprint density at radius 1 is 1.57 bits per heavy atom. The van der Waals surface area contributed by atoms with E-state index in [4.69, 9.17) is 4.74 Å². The maximum absolute atomic E-state index is 10.4. The highest BCUT2D eigenvalue weighted by Crippen LogP contribution is 2.10. The first-order chi connectivity index (χ1) is 6.88. The lowest BCUT2D eigenvalue weighted by atomic mass is 10.3. The molecule has 4 nitrogen and oxygen atoms in total. The van der Waals surface area contributed by atoms with Crippen LogP contribution in [0.25, 0.3) is 0 Å². The second-order valence-corrected chi connectivity index (χ2v) is 4.07. The Balaban J connectivity index is 1.92. The van der Waals surface area contributed by atoms with Crippen molar-refractivity contribution in [1.29, 1.82) is 0 Å². The number of carbonyl (C=O) groups excluding carboxylic acids is 1. The minimum absolute atomic E-state index is 0.563. The van der Waals surface area contributed by atoms with Crippen LogP contribution in [-0.2, 0) is 11.3 Å². The molecule has 1 aliphatic heterocycles. The number of aromatic nitrogens is 1. The van der Waals surface area contributed by atoms with E-state index in [9.17, 15) is 4.79 Å². The van der Waals surface area contributed by atoms with Crippen LogP contribution in [0.1, 0.15) is 15.5 Å². The molecule has 0 saturated carbocycles. The van der Waals surface area contributed by atoms with Crippen molar-refractivity contribution < 1.29 is 9.53 Å². The number of hydrogen-bond donors (Lipinski definition) is 0. The molecule has 2 heterocycles. The summed E-state index contributed by atoms with van der Waals surface area (Å²) in [6.45, 7) is 4.32. The van der Waals surface area contributed by atoms with Gasteiger partial charge < -0.3 is 4.74 Å². The molecule has 1 aromatic rings. The van der Waals surface area contributed by atoms with Gasteiger partial charge in [-0.2, -0.15) is 0 Å². The summed E-state index contributed by atoms with van der Waals surface area (Å²) in [5.74, 6) is 0. The molecule has 0 radical (unpaired) electrons. The van der Waals surface area contributed by atoms with Gasteiger partial charge in [-0.15, -0.1) is 11.3 Å². The third-order valence-corrected chi connectivity index (χ3v) is 2.98. The van der Waals surface area contributed by atoms with Crippen molar-refractivity contribution in [2.24, 2.45) is 0 Å². The fourth-order valence-electron chi connectivity index (χ4n) is 1.44. The standard InChI is InChI=1S/C9H12N2O2S/c12-6-9-10-8(7-14-9)5-11-1-3-13-4-2-11/h6-7H,1-5H2. The number of hydrogen-bond acceptors (Lipinski definition) is 5. The molecule has 0 N–H and O–H groups in total. The lowest BCUT2D eigenvalue weighted by Crippen LogP contribution is -2.35. The summed E-state index contributed by atoms with van der Waals surface area (Å²) in [7, 11) is 0. The predicted octanol–water partition coefficient (Wildman–Crippen LogP) is 0.788. The normalized spacial score (nSPS) is 18.3. The Labute approximate surface area is 86.5 Å².